The van der Waals surface area contributed by atoms with Crippen LogP contribution in [0, 0.1) is 17.0 Å². The second-order valence-corrected chi connectivity index (χ2v) is 4.20. The van der Waals surface area contributed by atoms with Gasteiger partial charge in [0, 0.05) is 36.6 Å². The van der Waals surface area contributed by atoms with Crippen molar-refractivity contribution in [2.45, 2.75) is 19.9 Å². The molecule has 0 aliphatic heterocycles. The van der Waals surface area contributed by atoms with E-state index in [0.717, 1.165) is 25.2 Å². The summed E-state index contributed by atoms with van der Waals surface area (Å²) in [5.41, 5.74) is 1.70. The predicted molar refractivity (Wildman–Crippen MR) is 71.0 cm³/mol. The van der Waals surface area contributed by atoms with Gasteiger partial charge in [-0.1, -0.05) is 5.21 Å². The zero-order chi connectivity index (χ0) is 13.7. The average Bonchev–Trinajstić information content (AvgIpc) is 2.87. The van der Waals surface area contributed by atoms with Crippen molar-refractivity contribution in [3.8, 4) is 0 Å². The molecule has 0 spiro atoms. The van der Waals surface area contributed by atoms with E-state index in [4.69, 9.17) is 0 Å². The maximum absolute atomic E-state index is 10.7. The van der Waals surface area contributed by atoms with Crippen molar-refractivity contribution >= 4 is 11.4 Å². The van der Waals surface area contributed by atoms with Crippen LogP contribution >= 0.6 is 0 Å². The molecule has 1 heterocycles. The number of hydrogen-bond acceptors (Lipinski definition) is 5. The van der Waals surface area contributed by atoms with Crippen molar-refractivity contribution in [3.05, 3.63) is 46.3 Å². The van der Waals surface area contributed by atoms with Gasteiger partial charge in [-0.25, -0.2) is 0 Å². The Kier molecular flexibility index (Phi) is 4.07. The largest absolute Gasteiger partial charge is 0.385 e. The predicted octanol–water partition coefficient (Wildman–Crippen LogP) is 2.00. The molecule has 0 bridgehead atoms. The minimum Gasteiger partial charge on any atom is -0.385 e. The first-order chi connectivity index (χ1) is 9.16. The Labute approximate surface area is 110 Å². The Morgan fingerprint density at radius 3 is 2.95 bits per heavy atom. The molecule has 19 heavy (non-hydrogen) atoms. The van der Waals surface area contributed by atoms with E-state index in [0.29, 0.717) is 5.56 Å². The Balaban J connectivity index is 1.83. The Bertz CT molecular complexity index is 553. The molecule has 0 aliphatic carbocycles. The Hall–Kier alpha value is -2.44. The van der Waals surface area contributed by atoms with E-state index in [-0.39, 0.29) is 10.6 Å². The van der Waals surface area contributed by atoms with Gasteiger partial charge in [-0.3, -0.25) is 14.8 Å². The zero-order valence-electron chi connectivity index (χ0n) is 10.6. The molecular weight excluding hydrogens is 246 g/mol. The second kappa shape index (κ2) is 5.94. The smallest absolute Gasteiger partial charge is 0.272 e. The van der Waals surface area contributed by atoms with Crippen molar-refractivity contribution in [2.24, 2.45) is 0 Å². The van der Waals surface area contributed by atoms with Crippen LogP contribution in [0.5, 0.6) is 0 Å². The number of nitro groups is 1. The maximum Gasteiger partial charge on any atom is 0.272 e. The zero-order valence-corrected chi connectivity index (χ0v) is 10.6. The lowest BCUT2D eigenvalue weighted by Gasteiger charge is -2.07. The van der Waals surface area contributed by atoms with Crippen LogP contribution in [0.2, 0.25) is 0 Å². The van der Waals surface area contributed by atoms with Gasteiger partial charge in [0.15, 0.2) is 0 Å². The molecule has 0 atom stereocenters. The number of hydrogen-bond donors (Lipinski definition) is 1. The quantitative estimate of drug-likeness (QED) is 0.488. The van der Waals surface area contributed by atoms with Gasteiger partial charge < -0.3 is 5.32 Å². The second-order valence-electron chi connectivity index (χ2n) is 4.20. The highest BCUT2D eigenvalue weighted by Crippen LogP contribution is 2.21. The highest BCUT2D eigenvalue weighted by atomic mass is 16.6. The molecule has 1 aromatic heterocycles. The molecule has 0 amide bonds. The van der Waals surface area contributed by atoms with Crippen LogP contribution in [-0.4, -0.2) is 26.5 Å². The summed E-state index contributed by atoms with van der Waals surface area (Å²) < 4.78 is 1.77. The van der Waals surface area contributed by atoms with Crippen LogP contribution in [0.25, 0.3) is 0 Å². The summed E-state index contributed by atoms with van der Waals surface area (Å²) in [6.45, 7) is 3.30. The molecule has 0 fully saturated rings. The topological polar surface area (TPSA) is 85.9 Å². The third kappa shape index (κ3) is 3.51. The van der Waals surface area contributed by atoms with Gasteiger partial charge in [0.1, 0.15) is 0 Å². The van der Waals surface area contributed by atoms with Crippen LogP contribution < -0.4 is 5.32 Å². The number of anilines is 1. The van der Waals surface area contributed by atoms with E-state index >= 15 is 0 Å². The molecule has 0 saturated carbocycles. The van der Waals surface area contributed by atoms with Crippen molar-refractivity contribution in [2.75, 3.05) is 11.9 Å². The molecule has 0 saturated heterocycles. The summed E-state index contributed by atoms with van der Waals surface area (Å²) in [6, 6.07) is 5.03. The van der Waals surface area contributed by atoms with Crippen LogP contribution in [0.15, 0.2) is 30.6 Å². The number of benzene rings is 1. The maximum atomic E-state index is 10.7. The normalized spacial score (nSPS) is 10.4. The monoisotopic (exact) mass is 261 g/mol. The molecule has 1 N–H and O–H groups in total. The minimum absolute atomic E-state index is 0.146. The van der Waals surface area contributed by atoms with Crippen LogP contribution in [0.4, 0.5) is 11.4 Å². The molecular formula is C12H15N5O2. The highest BCUT2D eigenvalue weighted by Gasteiger charge is 2.09. The number of rotatable bonds is 6. The van der Waals surface area contributed by atoms with E-state index in [9.17, 15) is 10.1 Å². The molecule has 2 rings (SSSR count). The van der Waals surface area contributed by atoms with Gasteiger partial charge in [-0.05, 0) is 25.5 Å². The van der Waals surface area contributed by atoms with Gasteiger partial charge in [0.05, 0.1) is 11.1 Å². The first-order valence-electron chi connectivity index (χ1n) is 6.00. The van der Waals surface area contributed by atoms with Gasteiger partial charge in [-0.15, -0.1) is 5.10 Å². The summed E-state index contributed by atoms with van der Waals surface area (Å²) in [5, 5.41) is 21.5. The number of aromatic nitrogens is 3. The first-order valence-corrected chi connectivity index (χ1v) is 6.00. The van der Waals surface area contributed by atoms with Gasteiger partial charge in [-0.2, -0.15) is 0 Å². The molecule has 7 heteroatoms. The summed E-state index contributed by atoms with van der Waals surface area (Å²) in [4.78, 5) is 10.3. The first kappa shape index (κ1) is 13.0. The number of nitrogens with zero attached hydrogens (tertiary/aromatic N) is 4. The lowest BCUT2D eigenvalue weighted by molar-refractivity contribution is -0.385. The molecule has 0 unspecified atom stereocenters. The fourth-order valence-electron chi connectivity index (χ4n) is 1.80. The molecule has 100 valence electrons. The summed E-state index contributed by atoms with van der Waals surface area (Å²) in [6.07, 6.45) is 4.36. The molecule has 7 nitrogen and oxygen atoms in total. The number of nitro benzene ring substituents is 1. The Morgan fingerprint density at radius 1 is 1.47 bits per heavy atom. The van der Waals surface area contributed by atoms with Crippen molar-refractivity contribution < 1.29 is 4.92 Å². The van der Waals surface area contributed by atoms with Gasteiger partial charge >= 0.3 is 0 Å². The fraction of sp³-hybridized carbons (Fsp3) is 0.333. The molecule has 1 aromatic carbocycles. The number of aryl methyl sites for hydroxylation is 2. The minimum atomic E-state index is -0.371. The third-order valence-electron chi connectivity index (χ3n) is 2.76. The summed E-state index contributed by atoms with van der Waals surface area (Å²) in [5.74, 6) is 0. The van der Waals surface area contributed by atoms with E-state index in [1.165, 1.54) is 6.07 Å². The molecule has 0 aliphatic rings. The van der Waals surface area contributed by atoms with Crippen LogP contribution in [0.3, 0.4) is 0 Å². The molecule has 2 aromatic rings. The lowest BCUT2D eigenvalue weighted by atomic mass is 10.2. The summed E-state index contributed by atoms with van der Waals surface area (Å²) >= 11 is 0. The van der Waals surface area contributed by atoms with E-state index in [1.807, 2.05) is 6.20 Å². The standard InChI is InChI=1S/C12H15N5O2/c1-10-9-11(3-4-12(10)17(18)19)13-5-2-7-16-8-6-14-15-16/h3-4,6,8-9,13H,2,5,7H2,1H3. The molecule has 0 radical (unpaired) electrons. The van der Waals surface area contributed by atoms with Crippen molar-refractivity contribution in [1.82, 2.24) is 15.0 Å². The van der Waals surface area contributed by atoms with E-state index in [1.54, 1.807) is 29.9 Å². The SMILES string of the molecule is Cc1cc(NCCCn2ccnn2)ccc1[N+](=O)[O-]. The van der Waals surface area contributed by atoms with Gasteiger partial charge in [0.25, 0.3) is 5.69 Å². The average molecular weight is 261 g/mol. The number of nitrogens with one attached hydrogen (secondary N) is 1. The van der Waals surface area contributed by atoms with Crippen molar-refractivity contribution in [1.29, 1.82) is 0 Å². The summed E-state index contributed by atoms with van der Waals surface area (Å²) in [7, 11) is 0. The van der Waals surface area contributed by atoms with E-state index < -0.39 is 0 Å². The highest BCUT2D eigenvalue weighted by molar-refractivity contribution is 5.53. The van der Waals surface area contributed by atoms with E-state index in [2.05, 4.69) is 15.6 Å². The lowest BCUT2D eigenvalue weighted by Crippen LogP contribution is -2.07. The van der Waals surface area contributed by atoms with Gasteiger partial charge in [0.2, 0.25) is 0 Å². The fourth-order valence-corrected chi connectivity index (χ4v) is 1.80. The Morgan fingerprint density at radius 2 is 2.32 bits per heavy atom. The van der Waals surface area contributed by atoms with Crippen molar-refractivity contribution in [3.63, 3.8) is 0 Å². The third-order valence-corrected chi connectivity index (χ3v) is 2.76. The van der Waals surface area contributed by atoms with Crippen LogP contribution in [0.1, 0.15) is 12.0 Å². The van der Waals surface area contributed by atoms with Crippen LogP contribution in [-0.2, 0) is 6.54 Å².